The molecule has 2 heterocycles. The van der Waals surface area contributed by atoms with E-state index >= 15 is 0 Å². The quantitative estimate of drug-likeness (QED) is 0.196. The second-order valence-electron chi connectivity index (χ2n) is 8.93. The van der Waals surface area contributed by atoms with Crippen molar-refractivity contribution in [2.45, 2.75) is 12.8 Å². The van der Waals surface area contributed by atoms with Crippen LogP contribution in [0.25, 0.3) is 28.2 Å². The van der Waals surface area contributed by atoms with Crippen molar-refractivity contribution >= 4 is 57.3 Å². The Hall–Kier alpha value is -3.99. The molecular formula is C29H25N3O5S2. The second-order valence-corrected chi connectivity index (χ2v) is 10.6. The number of carbonyl (C=O) groups excluding carboxylic acids is 1. The molecule has 0 atom stereocenters. The molecule has 3 N–H and O–H groups in total. The van der Waals surface area contributed by atoms with E-state index in [1.54, 1.807) is 36.3 Å². The van der Waals surface area contributed by atoms with Crippen molar-refractivity contribution in [1.82, 2.24) is 14.9 Å². The van der Waals surface area contributed by atoms with Gasteiger partial charge < -0.3 is 19.9 Å². The fourth-order valence-electron chi connectivity index (χ4n) is 4.39. The van der Waals surface area contributed by atoms with E-state index < -0.39 is 5.97 Å². The van der Waals surface area contributed by atoms with Crippen molar-refractivity contribution in [1.29, 1.82) is 0 Å². The maximum atomic E-state index is 13.2. The Morgan fingerprint density at radius 2 is 1.92 bits per heavy atom. The Bertz CT molecular complexity index is 1610. The van der Waals surface area contributed by atoms with Gasteiger partial charge in [0.1, 0.15) is 15.9 Å². The number of aliphatic hydroxyl groups is 1. The van der Waals surface area contributed by atoms with E-state index in [9.17, 15) is 14.7 Å². The van der Waals surface area contributed by atoms with E-state index in [0.717, 1.165) is 39.1 Å². The first kappa shape index (κ1) is 26.6. The molecule has 1 amide bonds. The van der Waals surface area contributed by atoms with E-state index in [1.807, 2.05) is 42.5 Å². The molecule has 0 spiro atoms. The number of hydrogen-bond donors (Lipinski definition) is 3. The van der Waals surface area contributed by atoms with Crippen LogP contribution in [0.1, 0.15) is 27.3 Å². The van der Waals surface area contributed by atoms with Crippen LogP contribution in [-0.4, -0.2) is 61.5 Å². The third-order valence-electron chi connectivity index (χ3n) is 6.41. The lowest BCUT2D eigenvalue weighted by molar-refractivity contribution is -0.122. The normalized spacial score (nSPS) is 14.5. The number of thiocarbonyl (C=S) groups is 1. The highest BCUT2D eigenvalue weighted by atomic mass is 32.2. The Labute approximate surface area is 234 Å². The minimum Gasteiger partial charge on any atom is -0.496 e. The van der Waals surface area contributed by atoms with Gasteiger partial charge in [0.15, 0.2) is 0 Å². The lowest BCUT2D eigenvalue weighted by atomic mass is 10.0. The molecular weight excluding hydrogens is 534 g/mol. The Morgan fingerprint density at radius 3 is 2.64 bits per heavy atom. The largest absolute Gasteiger partial charge is 0.496 e. The Morgan fingerprint density at radius 1 is 1.13 bits per heavy atom. The number of aromatic nitrogens is 2. The van der Waals surface area contributed by atoms with E-state index in [2.05, 4.69) is 9.97 Å². The van der Waals surface area contributed by atoms with Gasteiger partial charge in [-0.05, 0) is 65.6 Å². The summed E-state index contributed by atoms with van der Waals surface area (Å²) in [4.78, 5) is 34.1. The van der Waals surface area contributed by atoms with Gasteiger partial charge in [-0.2, -0.15) is 0 Å². The standard InChI is InChI=1S/C29H25N3O5S2/c1-37-24-9-4-18(14-21(24)20-7-8-22-23(16-20)31-26(30-22)11-13-33)15-25-27(34)32(29(38)39-25)12-10-17-2-5-19(6-3-17)28(35)36/h2-9,14-16,33H,10-13H2,1H3,(H,30,31)(H,35,36). The molecule has 0 aliphatic carbocycles. The number of thioether (sulfide) groups is 1. The molecule has 0 radical (unpaired) electrons. The number of nitrogens with one attached hydrogen (secondary N) is 1. The molecule has 39 heavy (non-hydrogen) atoms. The summed E-state index contributed by atoms with van der Waals surface area (Å²) < 4.78 is 6.11. The number of nitrogens with zero attached hydrogens (tertiary/aromatic N) is 2. The number of hydrogen-bond acceptors (Lipinski definition) is 7. The average molecular weight is 560 g/mol. The number of H-pyrrole nitrogens is 1. The molecule has 1 saturated heterocycles. The Balaban J connectivity index is 1.36. The zero-order chi connectivity index (χ0) is 27.5. The number of amides is 1. The number of carboxylic acids is 1. The number of aromatic carboxylic acids is 1. The van der Waals surface area contributed by atoms with Crippen LogP contribution in [0.2, 0.25) is 0 Å². The SMILES string of the molecule is COc1ccc(C=C2SC(=S)N(CCc3ccc(C(=O)O)cc3)C2=O)cc1-c1ccc2nc(CCO)[nH]c2c1. The molecule has 1 fully saturated rings. The number of fused-ring (bicyclic) bond motifs is 1. The van der Waals surface area contributed by atoms with Crippen molar-refractivity contribution < 1.29 is 24.5 Å². The molecule has 1 aliphatic heterocycles. The summed E-state index contributed by atoms with van der Waals surface area (Å²) in [6.45, 7) is 0.430. The molecule has 10 heteroatoms. The molecule has 0 bridgehead atoms. The van der Waals surface area contributed by atoms with E-state index in [4.69, 9.17) is 22.1 Å². The summed E-state index contributed by atoms with van der Waals surface area (Å²) in [6.07, 6.45) is 2.85. The number of imidazole rings is 1. The summed E-state index contributed by atoms with van der Waals surface area (Å²) in [5.41, 5.74) is 5.46. The summed E-state index contributed by atoms with van der Waals surface area (Å²) in [5, 5.41) is 18.3. The first-order chi connectivity index (χ1) is 18.9. The molecule has 198 valence electrons. The number of benzene rings is 3. The second kappa shape index (κ2) is 11.4. The number of carboxylic acid groups (broad SMARTS) is 1. The third-order valence-corrected chi connectivity index (χ3v) is 7.79. The summed E-state index contributed by atoms with van der Waals surface area (Å²) in [7, 11) is 1.62. The van der Waals surface area contributed by atoms with Crippen LogP contribution in [-0.2, 0) is 17.6 Å². The fraction of sp³-hybridized carbons (Fsp3) is 0.172. The van der Waals surface area contributed by atoms with Crippen LogP contribution in [0.5, 0.6) is 5.75 Å². The van der Waals surface area contributed by atoms with Crippen LogP contribution in [0.15, 0.2) is 65.6 Å². The minimum absolute atomic E-state index is 0.0225. The number of ether oxygens (including phenoxy) is 1. The average Bonchev–Trinajstić information content (AvgIpc) is 3.46. The molecule has 0 unspecified atom stereocenters. The molecule has 3 aromatic carbocycles. The van der Waals surface area contributed by atoms with E-state index in [-0.39, 0.29) is 18.1 Å². The van der Waals surface area contributed by atoms with E-state index in [1.165, 1.54) is 11.8 Å². The van der Waals surface area contributed by atoms with Gasteiger partial charge in [-0.1, -0.05) is 48.2 Å². The molecule has 4 aromatic rings. The van der Waals surface area contributed by atoms with Crippen molar-refractivity contribution in [2.75, 3.05) is 20.3 Å². The highest BCUT2D eigenvalue weighted by Gasteiger charge is 2.31. The van der Waals surface area contributed by atoms with Crippen molar-refractivity contribution in [3.63, 3.8) is 0 Å². The molecule has 5 rings (SSSR count). The van der Waals surface area contributed by atoms with Crippen LogP contribution in [0.3, 0.4) is 0 Å². The number of rotatable bonds is 9. The predicted octanol–water partition coefficient (Wildman–Crippen LogP) is 4.92. The minimum atomic E-state index is -0.973. The molecule has 1 aromatic heterocycles. The maximum absolute atomic E-state index is 13.2. The molecule has 0 saturated carbocycles. The van der Waals surface area contributed by atoms with Gasteiger partial charge >= 0.3 is 5.97 Å². The van der Waals surface area contributed by atoms with Gasteiger partial charge in [-0.15, -0.1) is 0 Å². The Kier molecular flexibility index (Phi) is 7.78. The van der Waals surface area contributed by atoms with Crippen molar-refractivity contribution in [3.8, 4) is 16.9 Å². The van der Waals surface area contributed by atoms with Gasteiger partial charge in [-0.3, -0.25) is 9.69 Å². The van der Waals surface area contributed by atoms with Gasteiger partial charge in [0, 0.05) is 18.5 Å². The van der Waals surface area contributed by atoms with Crippen LogP contribution in [0.4, 0.5) is 0 Å². The van der Waals surface area contributed by atoms with E-state index in [0.29, 0.717) is 34.4 Å². The number of carbonyl (C=O) groups is 2. The first-order valence-corrected chi connectivity index (χ1v) is 13.4. The fourth-order valence-corrected chi connectivity index (χ4v) is 5.70. The van der Waals surface area contributed by atoms with Crippen LogP contribution in [0, 0.1) is 0 Å². The van der Waals surface area contributed by atoms with Gasteiger partial charge in [0.25, 0.3) is 5.91 Å². The van der Waals surface area contributed by atoms with Gasteiger partial charge in [0.05, 0.1) is 35.2 Å². The van der Waals surface area contributed by atoms with Gasteiger partial charge in [-0.25, -0.2) is 9.78 Å². The highest BCUT2D eigenvalue weighted by molar-refractivity contribution is 8.26. The monoisotopic (exact) mass is 559 g/mol. The highest BCUT2D eigenvalue weighted by Crippen LogP contribution is 2.36. The zero-order valence-corrected chi connectivity index (χ0v) is 22.6. The first-order valence-electron chi connectivity index (χ1n) is 12.2. The molecule has 8 nitrogen and oxygen atoms in total. The third kappa shape index (κ3) is 5.73. The molecule has 1 aliphatic rings. The number of aromatic amines is 1. The van der Waals surface area contributed by atoms with Crippen LogP contribution < -0.4 is 4.74 Å². The smallest absolute Gasteiger partial charge is 0.335 e. The number of aliphatic hydroxyl groups excluding tert-OH is 1. The lowest BCUT2D eigenvalue weighted by Crippen LogP contribution is -2.30. The lowest BCUT2D eigenvalue weighted by Gasteiger charge is -2.14. The zero-order valence-electron chi connectivity index (χ0n) is 21.0. The topological polar surface area (TPSA) is 116 Å². The van der Waals surface area contributed by atoms with Crippen LogP contribution >= 0.6 is 24.0 Å². The number of methoxy groups -OCH3 is 1. The summed E-state index contributed by atoms with van der Waals surface area (Å²) in [5.74, 6) is 0.298. The van der Waals surface area contributed by atoms with Gasteiger partial charge in [0.2, 0.25) is 0 Å². The summed E-state index contributed by atoms with van der Waals surface area (Å²) >= 11 is 6.76. The summed E-state index contributed by atoms with van der Waals surface area (Å²) in [6, 6.07) is 18.2. The predicted molar refractivity (Wildman–Crippen MR) is 156 cm³/mol. The van der Waals surface area contributed by atoms with Crippen molar-refractivity contribution in [2.24, 2.45) is 0 Å². The van der Waals surface area contributed by atoms with Crippen molar-refractivity contribution in [3.05, 3.63) is 88.1 Å². The maximum Gasteiger partial charge on any atom is 0.335 e.